The third kappa shape index (κ3) is 6.71. The zero-order chi connectivity index (χ0) is 41.6. The van der Waals surface area contributed by atoms with Crippen LogP contribution in [0.3, 0.4) is 0 Å². The molecule has 0 fully saturated rings. The molecule has 10 aromatic carbocycles. The molecular weight excluding hydrogens is 749 g/mol. The number of anilines is 5. The fourth-order valence-electron chi connectivity index (χ4n) is 9.68. The van der Waals surface area contributed by atoms with Crippen molar-refractivity contribution in [3.05, 3.63) is 247 Å². The van der Waals surface area contributed by atoms with Gasteiger partial charge in [0.15, 0.2) is 0 Å². The SMILES string of the molecule is CC1(C)c2ccccc2-c2ccc(-c3cccc(-c4cc(N(Cc5ccc6ccccc6c5)c5ccccc5)cc(N(c5ccccc5)c5cccc6ccccc56)c4)c3)cc21. The second kappa shape index (κ2) is 15.4. The second-order valence-electron chi connectivity index (χ2n) is 17.0. The monoisotopic (exact) mass is 794 g/mol. The van der Waals surface area contributed by atoms with Crippen molar-refractivity contribution in [3.63, 3.8) is 0 Å². The fourth-order valence-corrected chi connectivity index (χ4v) is 9.68. The maximum atomic E-state index is 2.47. The number of nitrogens with zero attached hydrogens (tertiary/aromatic N) is 2. The zero-order valence-corrected chi connectivity index (χ0v) is 35.0. The van der Waals surface area contributed by atoms with E-state index in [0.717, 1.165) is 34.0 Å². The van der Waals surface area contributed by atoms with E-state index < -0.39 is 0 Å². The molecule has 0 unspecified atom stereocenters. The van der Waals surface area contributed by atoms with Gasteiger partial charge in [0.25, 0.3) is 0 Å². The van der Waals surface area contributed by atoms with E-state index in [9.17, 15) is 0 Å². The van der Waals surface area contributed by atoms with Crippen LogP contribution in [-0.4, -0.2) is 0 Å². The summed E-state index contributed by atoms with van der Waals surface area (Å²) in [7, 11) is 0. The molecule has 0 amide bonds. The van der Waals surface area contributed by atoms with Crippen LogP contribution in [0.15, 0.2) is 231 Å². The molecule has 1 aliphatic rings. The van der Waals surface area contributed by atoms with Gasteiger partial charge in [-0.3, -0.25) is 0 Å². The Morgan fingerprint density at radius 1 is 0.355 bits per heavy atom. The Balaban J connectivity index is 1.11. The molecule has 0 atom stereocenters. The summed E-state index contributed by atoms with van der Waals surface area (Å²) in [5, 5.41) is 4.90. The Bertz CT molecular complexity index is 3250. The molecule has 0 heterocycles. The number of para-hydroxylation sites is 2. The molecule has 296 valence electrons. The molecule has 10 aromatic rings. The summed E-state index contributed by atoms with van der Waals surface area (Å²) in [6.07, 6.45) is 0. The molecule has 2 heteroatoms. The molecule has 0 spiro atoms. The van der Waals surface area contributed by atoms with Crippen molar-refractivity contribution >= 4 is 50.0 Å². The maximum Gasteiger partial charge on any atom is 0.0540 e. The van der Waals surface area contributed by atoms with Crippen molar-refractivity contribution < 1.29 is 0 Å². The van der Waals surface area contributed by atoms with Gasteiger partial charge in [0, 0.05) is 40.1 Å². The number of hydrogen-bond donors (Lipinski definition) is 0. The number of fused-ring (bicyclic) bond motifs is 5. The van der Waals surface area contributed by atoms with Crippen molar-refractivity contribution in [1.29, 1.82) is 0 Å². The van der Waals surface area contributed by atoms with E-state index in [-0.39, 0.29) is 5.41 Å². The van der Waals surface area contributed by atoms with Gasteiger partial charge in [-0.25, -0.2) is 0 Å². The van der Waals surface area contributed by atoms with Crippen LogP contribution in [0.4, 0.5) is 28.4 Å². The highest BCUT2D eigenvalue weighted by atomic mass is 15.2. The van der Waals surface area contributed by atoms with E-state index in [1.165, 1.54) is 66.1 Å². The van der Waals surface area contributed by atoms with Crippen molar-refractivity contribution in [3.8, 4) is 33.4 Å². The average Bonchev–Trinajstić information content (AvgIpc) is 3.56. The Morgan fingerprint density at radius 3 is 1.79 bits per heavy atom. The van der Waals surface area contributed by atoms with Crippen LogP contribution >= 0.6 is 0 Å². The van der Waals surface area contributed by atoms with E-state index >= 15 is 0 Å². The standard InChI is InChI=1S/C60H46N2/c1-60(2)57-29-14-13-28-55(57)56-34-33-48(39-58(56)60)46-21-15-22-47(36-46)49-37-52(61(50-23-5-3-6-24-50)41-42-31-32-43-17-9-10-19-45(43)35-42)40-53(38-49)62(51-25-7-4-8-26-51)59-30-16-20-44-18-11-12-27-54(44)59/h3-40H,41H2,1-2H3. The van der Waals surface area contributed by atoms with Crippen molar-refractivity contribution in [1.82, 2.24) is 0 Å². The summed E-state index contributed by atoms with van der Waals surface area (Å²) in [4.78, 5) is 4.89. The Labute approximate surface area is 364 Å². The predicted molar refractivity (Wildman–Crippen MR) is 263 cm³/mol. The molecule has 11 rings (SSSR count). The van der Waals surface area contributed by atoms with Crippen molar-refractivity contribution in [2.45, 2.75) is 25.8 Å². The first kappa shape index (κ1) is 37.3. The number of rotatable bonds is 9. The summed E-state index contributed by atoms with van der Waals surface area (Å²) < 4.78 is 0. The van der Waals surface area contributed by atoms with Crippen molar-refractivity contribution in [2.75, 3.05) is 9.80 Å². The Morgan fingerprint density at radius 2 is 0.968 bits per heavy atom. The lowest BCUT2D eigenvalue weighted by atomic mass is 9.81. The van der Waals surface area contributed by atoms with Gasteiger partial charge in [-0.05, 0) is 133 Å². The molecule has 0 aromatic heterocycles. The third-order valence-electron chi connectivity index (χ3n) is 12.8. The van der Waals surface area contributed by atoms with Gasteiger partial charge in [0.05, 0.1) is 5.69 Å². The van der Waals surface area contributed by atoms with Crippen LogP contribution < -0.4 is 9.80 Å². The molecule has 0 N–H and O–H groups in total. The topological polar surface area (TPSA) is 6.48 Å². The molecule has 62 heavy (non-hydrogen) atoms. The van der Waals surface area contributed by atoms with Crippen LogP contribution in [-0.2, 0) is 12.0 Å². The van der Waals surface area contributed by atoms with E-state index in [2.05, 4.69) is 254 Å². The first-order chi connectivity index (χ1) is 30.5. The quantitative estimate of drug-likeness (QED) is 0.144. The second-order valence-corrected chi connectivity index (χ2v) is 17.0. The molecule has 0 saturated carbocycles. The smallest absolute Gasteiger partial charge is 0.0540 e. The highest BCUT2D eigenvalue weighted by Crippen LogP contribution is 2.50. The van der Waals surface area contributed by atoms with Crippen LogP contribution in [0, 0.1) is 0 Å². The Hall–Kier alpha value is -7.68. The van der Waals surface area contributed by atoms with Gasteiger partial charge in [-0.2, -0.15) is 0 Å². The molecule has 0 saturated heterocycles. The first-order valence-corrected chi connectivity index (χ1v) is 21.6. The van der Waals surface area contributed by atoms with Crippen LogP contribution in [0.2, 0.25) is 0 Å². The van der Waals surface area contributed by atoms with Gasteiger partial charge in [-0.1, -0.05) is 178 Å². The third-order valence-corrected chi connectivity index (χ3v) is 12.8. The largest absolute Gasteiger partial charge is 0.337 e. The molecule has 0 bridgehead atoms. The zero-order valence-electron chi connectivity index (χ0n) is 35.0. The summed E-state index contributed by atoms with van der Waals surface area (Å²) in [5.74, 6) is 0. The number of benzene rings is 10. The molecule has 0 radical (unpaired) electrons. The first-order valence-electron chi connectivity index (χ1n) is 21.6. The summed E-state index contributed by atoms with van der Waals surface area (Å²) in [6, 6.07) is 84.6. The Kier molecular flexibility index (Phi) is 9.28. The summed E-state index contributed by atoms with van der Waals surface area (Å²) in [6.45, 7) is 5.41. The van der Waals surface area contributed by atoms with E-state index in [4.69, 9.17) is 0 Å². The van der Waals surface area contributed by atoms with Gasteiger partial charge >= 0.3 is 0 Å². The minimum Gasteiger partial charge on any atom is -0.337 e. The highest BCUT2D eigenvalue weighted by Gasteiger charge is 2.35. The maximum absolute atomic E-state index is 2.47. The average molecular weight is 795 g/mol. The van der Waals surface area contributed by atoms with Crippen LogP contribution in [0.5, 0.6) is 0 Å². The fraction of sp³-hybridized carbons (Fsp3) is 0.0667. The molecular formula is C60H46N2. The lowest BCUT2D eigenvalue weighted by Gasteiger charge is -2.31. The van der Waals surface area contributed by atoms with Gasteiger partial charge < -0.3 is 9.80 Å². The summed E-state index contributed by atoms with van der Waals surface area (Å²) in [5.41, 5.74) is 16.9. The van der Waals surface area contributed by atoms with E-state index in [1.54, 1.807) is 0 Å². The molecule has 2 nitrogen and oxygen atoms in total. The molecule has 1 aliphatic carbocycles. The van der Waals surface area contributed by atoms with Crippen LogP contribution in [0.1, 0.15) is 30.5 Å². The summed E-state index contributed by atoms with van der Waals surface area (Å²) >= 11 is 0. The highest BCUT2D eigenvalue weighted by molar-refractivity contribution is 6.00. The van der Waals surface area contributed by atoms with Gasteiger partial charge in [-0.15, -0.1) is 0 Å². The number of hydrogen-bond acceptors (Lipinski definition) is 2. The van der Waals surface area contributed by atoms with E-state index in [1.807, 2.05) is 0 Å². The predicted octanol–water partition coefficient (Wildman–Crippen LogP) is 16.4. The molecule has 0 aliphatic heterocycles. The lowest BCUT2D eigenvalue weighted by Crippen LogP contribution is -2.18. The van der Waals surface area contributed by atoms with Gasteiger partial charge in [0.1, 0.15) is 0 Å². The van der Waals surface area contributed by atoms with E-state index in [0.29, 0.717) is 6.54 Å². The minimum absolute atomic E-state index is 0.0722. The van der Waals surface area contributed by atoms with Crippen LogP contribution in [0.25, 0.3) is 54.9 Å². The lowest BCUT2D eigenvalue weighted by molar-refractivity contribution is 0.660. The minimum atomic E-state index is -0.0722. The van der Waals surface area contributed by atoms with Crippen molar-refractivity contribution in [2.24, 2.45) is 0 Å². The normalized spacial score (nSPS) is 12.5. The van der Waals surface area contributed by atoms with Gasteiger partial charge in [0.2, 0.25) is 0 Å².